The van der Waals surface area contributed by atoms with E-state index >= 15 is 0 Å². The molecule has 1 aromatic carbocycles. The summed E-state index contributed by atoms with van der Waals surface area (Å²) in [7, 11) is 0. The smallest absolute Gasteiger partial charge is 0.344 e. The van der Waals surface area contributed by atoms with E-state index < -0.39 is 73.0 Å². The molecule has 0 unspecified atom stereocenters. The number of amides is 1. The van der Waals surface area contributed by atoms with Gasteiger partial charge in [-0.15, -0.1) is 0 Å². The number of esters is 5. The van der Waals surface area contributed by atoms with Gasteiger partial charge in [-0.1, -0.05) is 12.1 Å². The summed E-state index contributed by atoms with van der Waals surface area (Å²) in [4.78, 5) is 71.5. The highest BCUT2D eigenvalue weighted by molar-refractivity contribution is 5.93. The lowest BCUT2D eigenvalue weighted by Gasteiger charge is -2.44. The second kappa shape index (κ2) is 12.6. The van der Waals surface area contributed by atoms with Gasteiger partial charge in [0.15, 0.2) is 12.2 Å². The van der Waals surface area contributed by atoms with Gasteiger partial charge in [0.1, 0.15) is 30.1 Å². The highest BCUT2D eigenvalue weighted by Crippen LogP contribution is 2.29. The lowest BCUT2D eigenvalue weighted by Crippen LogP contribution is -2.66. The number of nitrogens with one attached hydrogen (secondary N) is 1. The molecule has 0 radical (unpaired) electrons. The van der Waals surface area contributed by atoms with Crippen LogP contribution in [0.3, 0.4) is 0 Å². The van der Waals surface area contributed by atoms with Crippen molar-refractivity contribution in [3.63, 3.8) is 0 Å². The minimum Gasteiger partial charge on any atom is -0.463 e. The molecule has 1 N–H and O–H groups in total. The zero-order chi connectivity index (χ0) is 27.0. The van der Waals surface area contributed by atoms with Crippen molar-refractivity contribution in [2.75, 3.05) is 6.61 Å². The van der Waals surface area contributed by atoms with Crippen molar-refractivity contribution >= 4 is 35.8 Å². The normalized spacial score (nSPS) is 23.0. The topological polar surface area (TPSA) is 170 Å². The van der Waals surface area contributed by atoms with Crippen LogP contribution in [0.4, 0.5) is 0 Å². The van der Waals surface area contributed by atoms with Gasteiger partial charge in [-0.05, 0) is 12.1 Å². The van der Waals surface area contributed by atoms with Crippen LogP contribution >= 0.6 is 0 Å². The Morgan fingerprint density at radius 3 is 1.97 bits per heavy atom. The molecule has 0 aliphatic carbocycles. The van der Waals surface area contributed by atoms with Gasteiger partial charge in [0.25, 0.3) is 0 Å². The van der Waals surface area contributed by atoms with Crippen LogP contribution in [-0.4, -0.2) is 73.0 Å². The number of hydrogen-bond acceptors (Lipinski definition) is 12. The van der Waals surface area contributed by atoms with E-state index in [1.54, 1.807) is 0 Å². The number of carbonyl (C=O) groups is 6. The monoisotopic (exact) mass is 509 g/mol. The molecule has 0 saturated carbocycles. The minimum absolute atomic E-state index is 0.0901. The van der Waals surface area contributed by atoms with E-state index in [0.717, 1.165) is 34.6 Å². The molecule has 13 heteroatoms. The lowest BCUT2D eigenvalue weighted by molar-refractivity contribution is -0.263. The predicted octanol–water partition coefficient (Wildman–Crippen LogP) is 0.425. The second-order valence-electron chi connectivity index (χ2n) is 7.72. The predicted molar refractivity (Wildman–Crippen MR) is 117 cm³/mol. The Morgan fingerprint density at radius 2 is 1.42 bits per heavy atom. The van der Waals surface area contributed by atoms with Crippen molar-refractivity contribution < 1.29 is 57.2 Å². The highest BCUT2D eigenvalue weighted by Gasteiger charge is 2.52. The molecular weight excluding hydrogens is 482 g/mol. The third-order valence-corrected chi connectivity index (χ3v) is 4.66. The Hall–Kier alpha value is -4.00. The molecule has 196 valence electrons. The summed E-state index contributed by atoms with van der Waals surface area (Å²) in [6, 6.07) is 4.39. The van der Waals surface area contributed by atoms with Crippen LogP contribution in [0.5, 0.6) is 5.75 Å². The van der Waals surface area contributed by atoms with Crippen LogP contribution in [0.1, 0.15) is 45.0 Å². The maximum Gasteiger partial charge on any atom is 0.344 e. The van der Waals surface area contributed by atoms with Gasteiger partial charge in [0.2, 0.25) is 12.2 Å². The third-order valence-electron chi connectivity index (χ3n) is 4.66. The molecule has 1 amide bonds. The molecule has 1 aliphatic heterocycles. The van der Waals surface area contributed by atoms with Gasteiger partial charge in [0, 0.05) is 34.6 Å². The van der Waals surface area contributed by atoms with Gasteiger partial charge in [-0.3, -0.25) is 24.0 Å². The van der Waals surface area contributed by atoms with Crippen molar-refractivity contribution in [2.24, 2.45) is 0 Å². The van der Waals surface area contributed by atoms with Gasteiger partial charge in [-0.2, -0.15) is 0 Å². The van der Waals surface area contributed by atoms with E-state index in [4.69, 9.17) is 28.4 Å². The molecule has 1 aromatic rings. The Kier molecular flexibility index (Phi) is 9.91. The Morgan fingerprint density at radius 1 is 0.806 bits per heavy atom. The first-order valence-corrected chi connectivity index (χ1v) is 10.8. The molecule has 1 heterocycles. The molecule has 0 spiro atoms. The van der Waals surface area contributed by atoms with E-state index in [1.165, 1.54) is 24.3 Å². The second-order valence-corrected chi connectivity index (χ2v) is 7.72. The maximum atomic E-state index is 13.0. The standard InChI is InChI=1S/C23H27NO12/c1-11(25)24-19-21(34-15(5)29)20(33-14(4)28)18(10-31-12(2)26)35-23(19)36-22(30)16-8-6-7-9-17(16)32-13(3)27/h6-9,18-21,23H,10H2,1-5H3,(H,24,25)/t18-,19+,20+,21+,23+/m1/s1. The number of carbonyl (C=O) groups excluding carboxylic acids is 6. The third kappa shape index (κ3) is 8.05. The summed E-state index contributed by atoms with van der Waals surface area (Å²) in [5, 5.41) is 2.48. The number of hydrogen-bond donors (Lipinski definition) is 1. The van der Waals surface area contributed by atoms with Crippen molar-refractivity contribution in [1.82, 2.24) is 5.32 Å². The molecule has 13 nitrogen and oxygen atoms in total. The van der Waals surface area contributed by atoms with E-state index in [2.05, 4.69) is 5.32 Å². The molecule has 2 rings (SSSR count). The molecule has 1 aliphatic rings. The van der Waals surface area contributed by atoms with Crippen molar-refractivity contribution in [3.05, 3.63) is 29.8 Å². The summed E-state index contributed by atoms with van der Waals surface area (Å²) in [5.74, 6) is -4.65. The van der Waals surface area contributed by atoms with Crippen molar-refractivity contribution in [1.29, 1.82) is 0 Å². The SMILES string of the molecule is CC(=O)N[C@@H]1[C@H](OC(=O)c2ccccc2OC(C)=O)O[C@H](COC(C)=O)[C@H](OC(C)=O)[C@H]1OC(C)=O. The number of para-hydroxylation sites is 1. The number of benzene rings is 1. The molecular formula is C23H27NO12. The van der Waals surface area contributed by atoms with Crippen LogP contribution < -0.4 is 10.1 Å². The van der Waals surface area contributed by atoms with Crippen LogP contribution in [-0.2, 0) is 47.7 Å². The van der Waals surface area contributed by atoms with E-state index in [1.807, 2.05) is 0 Å². The van der Waals surface area contributed by atoms with E-state index in [-0.39, 0.29) is 11.3 Å². The molecule has 0 aromatic heterocycles. The number of ether oxygens (including phenoxy) is 6. The number of rotatable bonds is 8. The zero-order valence-corrected chi connectivity index (χ0v) is 20.3. The summed E-state index contributed by atoms with van der Waals surface area (Å²) in [5.41, 5.74) is -0.138. The Labute approximate surface area is 206 Å². The fraction of sp³-hybridized carbons (Fsp3) is 0.478. The Balaban J connectivity index is 2.48. The van der Waals surface area contributed by atoms with Gasteiger partial charge >= 0.3 is 29.8 Å². The summed E-state index contributed by atoms with van der Waals surface area (Å²) in [6.45, 7) is 5.16. The van der Waals surface area contributed by atoms with Crippen LogP contribution in [0, 0.1) is 0 Å². The van der Waals surface area contributed by atoms with Gasteiger partial charge in [0.05, 0.1) is 0 Å². The quantitative estimate of drug-likeness (QED) is 0.292. The fourth-order valence-corrected chi connectivity index (χ4v) is 3.44. The van der Waals surface area contributed by atoms with Crippen LogP contribution in [0.2, 0.25) is 0 Å². The van der Waals surface area contributed by atoms with Gasteiger partial charge < -0.3 is 33.7 Å². The molecule has 36 heavy (non-hydrogen) atoms. The average Bonchev–Trinajstić information content (AvgIpc) is 2.75. The highest BCUT2D eigenvalue weighted by atomic mass is 16.7. The minimum atomic E-state index is -1.61. The zero-order valence-electron chi connectivity index (χ0n) is 20.3. The maximum absolute atomic E-state index is 13.0. The van der Waals surface area contributed by atoms with Crippen molar-refractivity contribution in [3.8, 4) is 5.75 Å². The first kappa shape index (κ1) is 28.2. The summed E-state index contributed by atoms with van der Waals surface area (Å²) < 4.78 is 31.9. The molecule has 0 bridgehead atoms. The van der Waals surface area contributed by atoms with Gasteiger partial charge in [-0.25, -0.2) is 4.79 Å². The molecule has 1 fully saturated rings. The summed E-state index contributed by atoms with van der Waals surface area (Å²) >= 11 is 0. The fourth-order valence-electron chi connectivity index (χ4n) is 3.44. The first-order chi connectivity index (χ1) is 16.9. The average molecular weight is 509 g/mol. The summed E-state index contributed by atoms with van der Waals surface area (Å²) in [6.07, 6.45) is -5.60. The van der Waals surface area contributed by atoms with Crippen molar-refractivity contribution in [2.45, 2.75) is 65.3 Å². The van der Waals surface area contributed by atoms with E-state index in [9.17, 15) is 28.8 Å². The van der Waals surface area contributed by atoms with Crippen LogP contribution in [0.15, 0.2) is 24.3 Å². The van der Waals surface area contributed by atoms with E-state index in [0.29, 0.717) is 0 Å². The molecule has 1 saturated heterocycles. The largest absolute Gasteiger partial charge is 0.463 e. The molecule has 5 atom stereocenters. The Bertz CT molecular complexity index is 1020. The lowest BCUT2D eigenvalue weighted by atomic mass is 9.96. The van der Waals surface area contributed by atoms with Crippen LogP contribution in [0.25, 0.3) is 0 Å². The first-order valence-electron chi connectivity index (χ1n) is 10.8.